The summed E-state index contributed by atoms with van der Waals surface area (Å²) >= 11 is 0. The van der Waals surface area contributed by atoms with Gasteiger partial charge in [-0.05, 0) is 26.7 Å². The van der Waals surface area contributed by atoms with Gasteiger partial charge in [0.2, 0.25) is 6.04 Å². The Kier molecular flexibility index (Phi) is 7.19. The number of carbonyl (C=O) groups is 3. The molecule has 1 N–H and O–H groups in total. The summed E-state index contributed by atoms with van der Waals surface area (Å²) in [6, 6.07) is -1.47. The number of esters is 2. The van der Waals surface area contributed by atoms with E-state index in [1.54, 1.807) is 13.8 Å². The van der Waals surface area contributed by atoms with E-state index in [0.29, 0.717) is 0 Å². The average Bonchev–Trinajstić information content (AvgIpc) is 2.26. The van der Waals surface area contributed by atoms with Crippen molar-refractivity contribution in [3.63, 3.8) is 0 Å². The topological polar surface area (TPSA) is 81.7 Å². The minimum atomic E-state index is -1.47. The molecule has 0 aliphatic rings. The van der Waals surface area contributed by atoms with Gasteiger partial charge in [0.25, 0.3) is 5.91 Å². The zero-order valence-corrected chi connectivity index (χ0v) is 10.0. The predicted molar refractivity (Wildman–Crippen MR) is 58.6 cm³/mol. The van der Waals surface area contributed by atoms with Gasteiger partial charge in [-0.2, -0.15) is 0 Å². The molecule has 0 fully saturated rings. The van der Waals surface area contributed by atoms with Crippen LogP contribution in [0.15, 0.2) is 0 Å². The number of nitrogens with one attached hydrogen (secondary N) is 1. The van der Waals surface area contributed by atoms with Crippen LogP contribution in [0.3, 0.4) is 0 Å². The first-order valence-corrected chi connectivity index (χ1v) is 5.13. The van der Waals surface area contributed by atoms with Crippen LogP contribution < -0.4 is 5.32 Å². The summed E-state index contributed by atoms with van der Waals surface area (Å²) in [7, 11) is 0. The van der Waals surface area contributed by atoms with Gasteiger partial charge in [0.05, 0.1) is 13.2 Å². The first-order chi connectivity index (χ1) is 8.06. The zero-order valence-electron chi connectivity index (χ0n) is 10.0. The van der Waals surface area contributed by atoms with Gasteiger partial charge < -0.3 is 14.8 Å². The Morgan fingerprint density at radius 2 is 1.59 bits per heavy atom. The van der Waals surface area contributed by atoms with Crippen LogP contribution >= 0.6 is 0 Å². The quantitative estimate of drug-likeness (QED) is 0.403. The molecule has 6 nitrogen and oxygen atoms in total. The van der Waals surface area contributed by atoms with Crippen LogP contribution in [-0.4, -0.2) is 37.1 Å². The molecule has 0 saturated carbocycles. The molecule has 0 bridgehead atoms. The van der Waals surface area contributed by atoms with Crippen LogP contribution in [-0.2, 0) is 23.9 Å². The number of ether oxygens (including phenoxy) is 2. The minimum absolute atomic E-state index is 0.101. The van der Waals surface area contributed by atoms with E-state index in [1.165, 1.54) is 6.92 Å². The molecule has 0 rings (SSSR count). The molecule has 0 aromatic rings. The Bertz CT molecular complexity index is 335. The maximum atomic E-state index is 11.4. The molecule has 0 aliphatic heterocycles. The van der Waals surface area contributed by atoms with E-state index < -0.39 is 23.9 Å². The molecule has 0 aromatic heterocycles. The van der Waals surface area contributed by atoms with Crippen molar-refractivity contribution in [2.45, 2.75) is 26.8 Å². The van der Waals surface area contributed by atoms with Crippen LogP contribution in [0.2, 0.25) is 0 Å². The lowest BCUT2D eigenvalue weighted by Gasteiger charge is -2.14. The van der Waals surface area contributed by atoms with Gasteiger partial charge in [-0.1, -0.05) is 5.92 Å². The Morgan fingerprint density at radius 3 is 1.94 bits per heavy atom. The molecule has 1 amide bonds. The largest absolute Gasteiger partial charge is 0.464 e. The van der Waals surface area contributed by atoms with E-state index in [9.17, 15) is 14.4 Å². The molecule has 94 valence electrons. The third kappa shape index (κ3) is 5.56. The van der Waals surface area contributed by atoms with Crippen LogP contribution in [0.1, 0.15) is 20.8 Å². The lowest BCUT2D eigenvalue weighted by molar-refractivity contribution is -0.159. The van der Waals surface area contributed by atoms with Crippen molar-refractivity contribution in [3.8, 4) is 11.8 Å². The third-order valence-electron chi connectivity index (χ3n) is 1.56. The SMILES string of the molecule is CC#CC(=O)NC(C(=O)OCC)C(=O)OCC. The Labute approximate surface area is 99.6 Å². The molecular weight excluding hydrogens is 226 g/mol. The Balaban J connectivity index is 4.70. The summed E-state index contributed by atoms with van der Waals surface area (Å²) in [6.07, 6.45) is 0. The molecule has 0 saturated heterocycles. The smallest absolute Gasteiger partial charge is 0.340 e. The van der Waals surface area contributed by atoms with Gasteiger partial charge in [0.1, 0.15) is 0 Å². The number of hydrogen-bond acceptors (Lipinski definition) is 5. The Morgan fingerprint density at radius 1 is 1.12 bits per heavy atom. The molecule has 6 heteroatoms. The molecule has 0 atom stereocenters. The van der Waals surface area contributed by atoms with E-state index >= 15 is 0 Å². The second-order valence-corrected chi connectivity index (χ2v) is 2.79. The first kappa shape index (κ1) is 15.0. The fraction of sp³-hybridized carbons (Fsp3) is 0.545. The fourth-order valence-electron chi connectivity index (χ4n) is 0.946. The second-order valence-electron chi connectivity index (χ2n) is 2.79. The van der Waals surface area contributed by atoms with E-state index in [1.807, 2.05) is 0 Å². The summed E-state index contributed by atoms with van der Waals surface area (Å²) in [5.41, 5.74) is 0. The van der Waals surface area contributed by atoms with E-state index in [4.69, 9.17) is 0 Å². The van der Waals surface area contributed by atoms with Crippen molar-refractivity contribution in [2.75, 3.05) is 13.2 Å². The van der Waals surface area contributed by atoms with Crippen molar-refractivity contribution in [2.24, 2.45) is 0 Å². The molecule has 17 heavy (non-hydrogen) atoms. The molecule has 0 radical (unpaired) electrons. The first-order valence-electron chi connectivity index (χ1n) is 5.13. The lowest BCUT2D eigenvalue weighted by atomic mass is 10.3. The number of carbonyl (C=O) groups excluding carboxylic acids is 3. The normalized spacial score (nSPS) is 8.94. The molecule has 0 unspecified atom stereocenters. The summed E-state index contributed by atoms with van der Waals surface area (Å²) < 4.78 is 9.30. The number of hydrogen-bond donors (Lipinski definition) is 1. The molecule has 0 aliphatic carbocycles. The van der Waals surface area contributed by atoms with E-state index in [0.717, 1.165) is 0 Å². The van der Waals surface area contributed by atoms with Crippen LogP contribution in [0.4, 0.5) is 0 Å². The van der Waals surface area contributed by atoms with Crippen molar-refractivity contribution in [1.82, 2.24) is 5.32 Å². The van der Waals surface area contributed by atoms with Gasteiger partial charge >= 0.3 is 11.9 Å². The monoisotopic (exact) mass is 241 g/mol. The molecule has 0 heterocycles. The lowest BCUT2D eigenvalue weighted by Crippen LogP contribution is -2.47. The van der Waals surface area contributed by atoms with E-state index in [-0.39, 0.29) is 13.2 Å². The minimum Gasteiger partial charge on any atom is -0.464 e. The van der Waals surface area contributed by atoms with Crippen molar-refractivity contribution < 1.29 is 23.9 Å². The second kappa shape index (κ2) is 8.16. The van der Waals surface area contributed by atoms with Crippen molar-refractivity contribution >= 4 is 17.8 Å². The average molecular weight is 241 g/mol. The van der Waals surface area contributed by atoms with Crippen LogP contribution in [0.25, 0.3) is 0 Å². The standard InChI is InChI=1S/C11H15NO5/c1-4-7-8(13)12-9(10(14)16-5-2)11(15)17-6-3/h9H,5-6H2,1-3H3,(H,12,13). The predicted octanol–water partition coefficient (Wildman–Crippen LogP) is -0.379. The van der Waals surface area contributed by atoms with Gasteiger partial charge in [-0.15, -0.1) is 0 Å². The van der Waals surface area contributed by atoms with Gasteiger partial charge in [0.15, 0.2) is 0 Å². The van der Waals surface area contributed by atoms with E-state index in [2.05, 4.69) is 26.6 Å². The highest BCUT2D eigenvalue weighted by atomic mass is 16.6. The summed E-state index contributed by atoms with van der Waals surface area (Å²) in [4.78, 5) is 34.0. The maximum absolute atomic E-state index is 11.4. The van der Waals surface area contributed by atoms with Crippen LogP contribution in [0.5, 0.6) is 0 Å². The summed E-state index contributed by atoms with van der Waals surface area (Å²) in [6.45, 7) is 4.85. The highest BCUT2D eigenvalue weighted by molar-refractivity contribution is 6.05. The Hall–Kier alpha value is -2.03. The highest BCUT2D eigenvalue weighted by Gasteiger charge is 2.30. The molecule has 0 spiro atoms. The molecular formula is C11H15NO5. The summed E-state index contributed by atoms with van der Waals surface area (Å²) in [5.74, 6) is 2.04. The van der Waals surface area contributed by atoms with Gasteiger partial charge in [-0.3, -0.25) is 4.79 Å². The fourth-order valence-corrected chi connectivity index (χ4v) is 0.946. The maximum Gasteiger partial charge on any atom is 0.340 e. The number of rotatable bonds is 5. The summed E-state index contributed by atoms with van der Waals surface area (Å²) in [5, 5.41) is 2.13. The zero-order chi connectivity index (χ0) is 13.3. The highest BCUT2D eigenvalue weighted by Crippen LogP contribution is 1.94. The molecule has 0 aromatic carbocycles. The number of amides is 1. The third-order valence-corrected chi connectivity index (χ3v) is 1.56. The van der Waals surface area contributed by atoms with Crippen molar-refractivity contribution in [3.05, 3.63) is 0 Å². The van der Waals surface area contributed by atoms with Crippen molar-refractivity contribution in [1.29, 1.82) is 0 Å². The van der Waals surface area contributed by atoms with Crippen LogP contribution in [0, 0.1) is 11.8 Å². The van der Waals surface area contributed by atoms with Gasteiger partial charge in [0, 0.05) is 0 Å². The van der Waals surface area contributed by atoms with Gasteiger partial charge in [-0.25, -0.2) is 9.59 Å².